The quantitative estimate of drug-likeness (QED) is 0.903. The lowest BCUT2D eigenvalue weighted by Crippen LogP contribution is -2.00. The maximum atomic E-state index is 13.6. The van der Waals surface area contributed by atoms with Gasteiger partial charge in [0.25, 0.3) is 0 Å². The van der Waals surface area contributed by atoms with E-state index in [-0.39, 0.29) is 12.2 Å². The Morgan fingerprint density at radius 1 is 1.33 bits per heavy atom. The number of aromatic nitrogens is 1. The highest BCUT2D eigenvalue weighted by Gasteiger charge is 2.09. The number of halogens is 1. The van der Waals surface area contributed by atoms with Crippen molar-refractivity contribution in [2.45, 2.75) is 19.6 Å². The molecule has 0 saturated carbocycles. The number of ether oxygens (including phenoxy) is 1. The minimum Gasteiger partial charge on any atom is -0.487 e. The van der Waals surface area contributed by atoms with Gasteiger partial charge in [0.15, 0.2) is 0 Å². The number of pyridine rings is 1. The Morgan fingerprint density at radius 2 is 2.17 bits per heavy atom. The maximum Gasteiger partial charge on any atom is 0.132 e. The molecule has 0 saturated heterocycles. The molecule has 0 spiro atoms. The maximum absolute atomic E-state index is 13.6. The number of aliphatic hydroxyl groups excluding tert-OH is 1. The molecule has 1 aromatic carbocycles. The molecule has 94 valence electrons. The molecule has 0 aliphatic carbocycles. The standard InChI is InChI=1S/C14H14FNO2/c1-10(17)13-6-5-12(8-14(13)15)18-9-11-4-2-3-7-16-11/h2-8,10,17H,9H2,1H3/t10-/m1/s1. The molecule has 2 aromatic rings. The van der Waals surface area contributed by atoms with Gasteiger partial charge < -0.3 is 9.84 Å². The average Bonchev–Trinajstić information content (AvgIpc) is 2.37. The second-order valence-corrected chi connectivity index (χ2v) is 3.97. The van der Waals surface area contributed by atoms with Crippen LogP contribution in [0.3, 0.4) is 0 Å². The van der Waals surface area contributed by atoms with Crippen LogP contribution in [0, 0.1) is 5.82 Å². The molecule has 0 bridgehead atoms. The van der Waals surface area contributed by atoms with E-state index in [1.165, 1.54) is 19.1 Å². The van der Waals surface area contributed by atoms with Gasteiger partial charge in [-0.15, -0.1) is 0 Å². The SMILES string of the molecule is C[C@@H](O)c1ccc(OCc2ccccn2)cc1F. The van der Waals surface area contributed by atoms with E-state index in [4.69, 9.17) is 4.74 Å². The predicted molar refractivity (Wildman–Crippen MR) is 65.6 cm³/mol. The van der Waals surface area contributed by atoms with Crippen molar-refractivity contribution in [3.63, 3.8) is 0 Å². The summed E-state index contributed by atoms with van der Waals surface area (Å²) in [7, 11) is 0. The van der Waals surface area contributed by atoms with Gasteiger partial charge in [0.05, 0.1) is 11.8 Å². The Morgan fingerprint density at radius 3 is 2.78 bits per heavy atom. The van der Waals surface area contributed by atoms with Crippen LogP contribution in [0.4, 0.5) is 4.39 Å². The number of hydrogen-bond acceptors (Lipinski definition) is 3. The third kappa shape index (κ3) is 3.05. The highest BCUT2D eigenvalue weighted by atomic mass is 19.1. The molecule has 0 aliphatic heterocycles. The van der Waals surface area contributed by atoms with Crippen LogP contribution in [0.2, 0.25) is 0 Å². The molecule has 0 unspecified atom stereocenters. The Balaban J connectivity index is 2.05. The second-order valence-electron chi connectivity index (χ2n) is 3.97. The largest absolute Gasteiger partial charge is 0.487 e. The molecular formula is C14H14FNO2. The molecule has 1 atom stereocenters. The summed E-state index contributed by atoms with van der Waals surface area (Å²) in [4.78, 5) is 4.10. The summed E-state index contributed by atoms with van der Waals surface area (Å²) >= 11 is 0. The van der Waals surface area contributed by atoms with Gasteiger partial charge in [0, 0.05) is 17.8 Å². The number of hydrogen-bond donors (Lipinski definition) is 1. The van der Waals surface area contributed by atoms with E-state index >= 15 is 0 Å². The zero-order valence-electron chi connectivity index (χ0n) is 10.0. The van der Waals surface area contributed by atoms with Crippen molar-refractivity contribution < 1.29 is 14.2 Å². The highest BCUT2D eigenvalue weighted by Crippen LogP contribution is 2.22. The lowest BCUT2D eigenvalue weighted by atomic mass is 10.1. The summed E-state index contributed by atoms with van der Waals surface area (Å²) < 4.78 is 19.0. The van der Waals surface area contributed by atoms with Crippen LogP contribution in [0.15, 0.2) is 42.6 Å². The first kappa shape index (κ1) is 12.5. The summed E-state index contributed by atoms with van der Waals surface area (Å²) in [6, 6.07) is 9.94. The van der Waals surface area contributed by atoms with E-state index in [9.17, 15) is 9.50 Å². The normalized spacial score (nSPS) is 12.2. The number of rotatable bonds is 4. The van der Waals surface area contributed by atoms with Crippen molar-refractivity contribution in [3.8, 4) is 5.75 Å². The van der Waals surface area contributed by atoms with Crippen molar-refractivity contribution in [1.29, 1.82) is 0 Å². The highest BCUT2D eigenvalue weighted by molar-refractivity contribution is 5.30. The third-order valence-corrected chi connectivity index (χ3v) is 2.53. The zero-order valence-corrected chi connectivity index (χ0v) is 10.0. The number of nitrogens with zero attached hydrogens (tertiary/aromatic N) is 1. The van der Waals surface area contributed by atoms with Crippen molar-refractivity contribution >= 4 is 0 Å². The Labute approximate surface area is 105 Å². The molecule has 0 fully saturated rings. The van der Waals surface area contributed by atoms with Gasteiger partial charge in [-0.1, -0.05) is 6.07 Å². The van der Waals surface area contributed by atoms with Crippen LogP contribution in [-0.2, 0) is 6.61 Å². The molecule has 0 aliphatic rings. The first-order valence-corrected chi connectivity index (χ1v) is 5.67. The monoisotopic (exact) mass is 247 g/mol. The molecule has 0 amide bonds. The van der Waals surface area contributed by atoms with E-state index in [1.807, 2.05) is 18.2 Å². The minimum atomic E-state index is -0.824. The fraction of sp³-hybridized carbons (Fsp3) is 0.214. The van der Waals surface area contributed by atoms with E-state index < -0.39 is 11.9 Å². The van der Waals surface area contributed by atoms with Gasteiger partial charge in [-0.25, -0.2) is 4.39 Å². The first-order chi connectivity index (χ1) is 8.66. The van der Waals surface area contributed by atoms with Crippen LogP contribution >= 0.6 is 0 Å². The average molecular weight is 247 g/mol. The van der Waals surface area contributed by atoms with E-state index in [0.717, 1.165) is 5.69 Å². The summed E-state index contributed by atoms with van der Waals surface area (Å²) in [6.07, 6.45) is 0.852. The predicted octanol–water partition coefficient (Wildman–Crippen LogP) is 2.85. The molecule has 18 heavy (non-hydrogen) atoms. The van der Waals surface area contributed by atoms with Gasteiger partial charge in [-0.3, -0.25) is 4.98 Å². The number of aliphatic hydroxyl groups is 1. The van der Waals surface area contributed by atoms with E-state index in [0.29, 0.717) is 5.75 Å². The Hall–Kier alpha value is -1.94. The van der Waals surface area contributed by atoms with Gasteiger partial charge in [0.1, 0.15) is 18.2 Å². The second kappa shape index (κ2) is 5.60. The summed E-state index contributed by atoms with van der Waals surface area (Å²) in [5, 5.41) is 9.31. The molecule has 1 aromatic heterocycles. The molecule has 1 heterocycles. The van der Waals surface area contributed by atoms with Crippen molar-refractivity contribution in [2.75, 3.05) is 0 Å². The lowest BCUT2D eigenvalue weighted by Gasteiger charge is -2.09. The fourth-order valence-electron chi connectivity index (χ4n) is 1.58. The van der Waals surface area contributed by atoms with Gasteiger partial charge >= 0.3 is 0 Å². The van der Waals surface area contributed by atoms with E-state index in [2.05, 4.69) is 4.98 Å². The molecule has 2 rings (SSSR count). The molecular weight excluding hydrogens is 233 g/mol. The lowest BCUT2D eigenvalue weighted by molar-refractivity contribution is 0.193. The fourth-order valence-corrected chi connectivity index (χ4v) is 1.58. The van der Waals surface area contributed by atoms with Crippen molar-refractivity contribution in [2.24, 2.45) is 0 Å². The van der Waals surface area contributed by atoms with Gasteiger partial charge in [-0.2, -0.15) is 0 Å². The zero-order chi connectivity index (χ0) is 13.0. The number of benzene rings is 1. The molecule has 1 N–H and O–H groups in total. The molecule has 0 radical (unpaired) electrons. The van der Waals surface area contributed by atoms with Crippen LogP contribution in [0.5, 0.6) is 5.75 Å². The topological polar surface area (TPSA) is 42.4 Å². The summed E-state index contributed by atoms with van der Waals surface area (Å²) in [6.45, 7) is 1.81. The summed E-state index contributed by atoms with van der Waals surface area (Å²) in [5.74, 6) is -0.0499. The molecule has 3 nitrogen and oxygen atoms in total. The van der Waals surface area contributed by atoms with Crippen LogP contribution in [0.1, 0.15) is 24.3 Å². The van der Waals surface area contributed by atoms with Crippen LogP contribution in [-0.4, -0.2) is 10.1 Å². The Kier molecular flexibility index (Phi) is 3.89. The Bertz CT molecular complexity index is 514. The van der Waals surface area contributed by atoms with Crippen molar-refractivity contribution in [1.82, 2.24) is 4.98 Å². The van der Waals surface area contributed by atoms with Gasteiger partial charge in [-0.05, 0) is 31.2 Å². The van der Waals surface area contributed by atoms with Crippen LogP contribution in [0.25, 0.3) is 0 Å². The first-order valence-electron chi connectivity index (χ1n) is 5.67. The van der Waals surface area contributed by atoms with Crippen LogP contribution < -0.4 is 4.74 Å². The summed E-state index contributed by atoms with van der Waals surface area (Å²) in [5.41, 5.74) is 1.04. The smallest absolute Gasteiger partial charge is 0.132 e. The van der Waals surface area contributed by atoms with E-state index in [1.54, 1.807) is 12.3 Å². The molecule has 4 heteroatoms. The van der Waals surface area contributed by atoms with Gasteiger partial charge in [0.2, 0.25) is 0 Å². The minimum absolute atomic E-state index is 0.264. The van der Waals surface area contributed by atoms with Crippen molar-refractivity contribution in [3.05, 3.63) is 59.7 Å². The third-order valence-electron chi connectivity index (χ3n) is 2.53.